The van der Waals surface area contributed by atoms with Gasteiger partial charge in [-0.2, -0.15) is 0 Å². The Labute approximate surface area is 138 Å². The number of aryl methyl sites for hydroxylation is 2. The maximum absolute atomic E-state index is 6.14. The van der Waals surface area contributed by atoms with E-state index >= 15 is 0 Å². The Balaban J connectivity index is 2.35. The van der Waals surface area contributed by atoms with Crippen molar-refractivity contribution in [1.82, 2.24) is 9.55 Å². The molecule has 0 aliphatic carbocycles. The first-order valence-electron chi connectivity index (χ1n) is 6.59. The summed E-state index contributed by atoms with van der Waals surface area (Å²) in [5.41, 5.74) is 4.07. The van der Waals surface area contributed by atoms with Gasteiger partial charge < -0.3 is 0 Å². The van der Waals surface area contributed by atoms with Crippen LogP contribution in [0, 0.1) is 6.92 Å². The van der Waals surface area contributed by atoms with Gasteiger partial charge in [0.05, 0.1) is 16.7 Å². The van der Waals surface area contributed by atoms with E-state index < -0.39 is 0 Å². The van der Waals surface area contributed by atoms with Crippen molar-refractivity contribution in [2.24, 2.45) is 0 Å². The number of aromatic nitrogens is 2. The monoisotopic (exact) mass is 338 g/mol. The summed E-state index contributed by atoms with van der Waals surface area (Å²) in [6.07, 6.45) is 0.680. The zero-order valence-electron chi connectivity index (χ0n) is 11.4. The maximum Gasteiger partial charge on any atom is 0.115 e. The molecule has 3 rings (SSSR count). The van der Waals surface area contributed by atoms with Crippen LogP contribution in [0.5, 0.6) is 0 Å². The minimum Gasteiger partial charge on any atom is -0.296 e. The minimum absolute atomic E-state index is 0.511. The Morgan fingerprint density at radius 1 is 1.10 bits per heavy atom. The van der Waals surface area contributed by atoms with Crippen LogP contribution in [-0.4, -0.2) is 15.4 Å². The number of alkyl halides is 1. The molecular formula is C16H13Cl3N2. The second-order valence-electron chi connectivity index (χ2n) is 4.87. The highest BCUT2D eigenvalue weighted by Crippen LogP contribution is 2.28. The molecule has 0 aliphatic rings. The molecule has 0 saturated heterocycles. The summed E-state index contributed by atoms with van der Waals surface area (Å²) in [6, 6.07) is 11.6. The first kappa shape index (κ1) is 14.7. The van der Waals surface area contributed by atoms with Crippen LogP contribution in [0.25, 0.3) is 16.7 Å². The number of halogens is 3. The van der Waals surface area contributed by atoms with Crippen LogP contribution in [0.3, 0.4) is 0 Å². The van der Waals surface area contributed by atoms with Crippen molar-refractivity contribution in [3.63, 3.8) is 0 Å². The van der Waals surface area contributed by atoms with Gasteiger partial charge in [0, 0.05) is 22.3 Å². The van der Waals surface area contributed by atoms with E-state index in [1.807, 2.05) is 24.3 Å². The zero-order chi connectivity index (χ0) is 15.0. The lowest BCUT2D eigenvalue weighted by Gasteiger charge is -2.11. The molecule has 2 aromatic carbocycles. The molecule has 0 bridgehead atoms. The maximum atomic E-state index is 6.14. The van der Waals surface area contributed by atoms with Gasteiger partial charge in [0.25, 0.3) is 0 Å². The van der Waals surface area contributed by atoms with Crippen molar-refractivity contribution in [2.75, 3.05) is 5.88 Å². The molecule has 2 nitrogen and oxygen atoms in total. The molecule has 0 radical (unpaired) electrons. The third kappa shape index (κ3) is 2.76. The molecule has 5 heteroatoms. The highest BCUT2D eigenvalue weighted by atomic mass is 35.5. The lowest BCUT2D eigenvalue weighted by molar-refractivity contribution is 0.911. The lowest BCUT2D eigenvalue weighted by atomic mass is 10.2. The molecule has 0 spiro atoms. The first-order chi connectivity index (χ1) is 10.1. The molecule has 0 unspecified atom stereocenters. The van der Waals surface area contributed by atoms with E-state index in [4.69, 9.17) is 39.8 Å². The van der Waals surface area contributed by atoms with E-state index in [1.165, 1.54) is 0 Å². The number of imidazole rings is 1. The average Bonchev–Trinajstić information content (AvgIpc) is 2.77. The molecule has 0 amide bonds. The number of nitrogens with zero attached hydrogens (tertiary/aromatic N) is 2. The Hall–Kier alpha value is -1.22. The van der Waals surface area contributed by atoms with Crippen molar-refractivity contribution >= 4 is 45.8 Å². The van der Waals surface area contributed by atoms with Crippen molar-refractivity contribution in [3.8, 4) is 5.69 Å². The van der Waals surface area contributed by atoms with E-state index in [9.17, 15) is 0 Å². The number of para-hydroxylation sites is 1. The quantitative estimate of drug-likeness (QED) is 0.582. The Bertz CT molecular complexity index is 788. The molecule has 0 N–H and O–H groups in total. The van der Waals surface area contributed by atoms with Gasteiger partial charge in [-0.05, 0) is 36.8 Å². The van der Waals surface area contributed by atoms with E-state index in [0.717, 1.165) is 28.1 Å². The smallest absolute Gasteiger partial charge is 0.115 e. The molecule has 0 aliphatic heterocycles. The molecule has 1 aromatic heterocycles. The Kier molecular flexibility index (Phi) is 4.12. The van der Waals surface area contributed by atoms with Gasteiger partial charge in [0.15, 0.2) is 0 Å². The number of hydrogen-bond donors (Lipinski definition) is 0. The van der Waals surface area contributed by atoms with Crippen LogP contribution in [0.1, 0.15) is 11.4 Å². The van der Waals surface area contributed by atoms with E-state index in [-0.39, 0.29) is 0 Å². The highest BCUT2D eigenvalue weighted by molar-refractivity contribution is 6.34. The van der Waals surface area contributed by atoms with Crippen LogP contribution < -0.4 is 0 Å². The second-order valence-corrected chi connectivity index (χ2v) is 6.12. The third-order valence-corrected chi connectivity index (χ3v) is 4.00. The summed E-state index contributed by atoms with van der Waals surface area (Å²) >= 11 is 18.2. The van der Waals surface area contributed by atoms with Crippen LogP contribution in [0.4, 0.5) is 0 Å². The fraction of sp³-hybridized carbons (Fsp3) is 0.188. The van der Waals surface area contributed by atoms with E-state index in [2.05, 4.69) is 17.6 Å². The normalized spacial score (nSPS) is 11.2. The van der Waals surface area contributed by atoms with Crippen LogP contribution >= 0.6 is 34.8 Å². The van der Waals surface area contributed by atoms with Gasteiger partial charge in [-0.1, -0.05) is 35.3 Å². The van der Waals surface area contributed by atoms with E-state index in [1.54, 1.807) is 6.07 Å². The fourth-order valence-electron chi connectivity index (χ4n) is 2.54. The molecule has 0 fully saturated rings. The lowest BCUT2D eigenvalue weighted by Crippen LogP contribution is -2.03. The summed E-state index contributed by atoms with van der Waals surface area (Å²) in [6.45, 7) is 2.07. The zero-order valence-corrected chi connectivity index (χ0v) is 13.7. The highest BCUT2D eigenvalue weighted by Gasteiger charge is 2.14. The van der Waals surface area contributed by atoms with Crippen molar-refractivity contribution in [1.29, 1.82) is 0 Å². The first-order valence-corrected chi connectivity index (χ1v) is 7.88. The molecule has 0 saturated carbocycles. The van der Waals surface area contributed by atoms with Crippen LogP contribution in [0.2, 0.25) is 10.0 Å². The van der Waals surface area contributed by atoms with Gasteiger partial charge >= 0.3 is 0 Å². The molecular weight excluding hydrogens is 327 g/mol. The molecule has 0 atom stereocenters. The summed E-state index contributed by atoms with van der Waals surface area (Å²) in [4.78, 5) is 4.69. The van der Waals surface area contributed by atoms with Crippen molar-refractivity contribution in [2.45, 2.75) is 13.3 Å². The fourth-order valence-corrected chi connectivity index (χ4v) is 3.22. The summed E-state index contributed by atoms with van der Waals surface area (Å²) < 4.78 is 2.09. The molecule has 108 valence electrons. The van der Waals surface area contributed by atoms with Gasteiger partial charge in [-0.15, -0.1) is 11.6 Å². The predicted molar refractivity (Wildman–Crippen MR) is 90.3 cm³/mol. The van der Waals surface area contributed by atoms with Crippen LogP contribution in [-0.2, 0) is 6.42 Å². The van der Waals surface area contributed by atoms with Gasteiger partial charge in [0.2, 0.25) is 0 Å². The van der Waals surface area contributed by atoms with Crippen LogP contribution in [0.15, 0.2) is 36.4 Å². The van der Waals surface area contributed by atoms with Gasteiger partial charge in [0.1, 0.15) is 5.82 Å². The van der Waals surface area contributed by atoms with Crippen molar-refractivity contribution < 1.29 is 0 Å². The molecule has 3 aromatic rings. The largest absolute Gasteiger partial charge is 0.296 e. The SMILES string of the molecule is Cc1cccc2nc(CCCl)n(-c3cc(Cl)cc(Cl)c3)c12. The second kappa shape index (κ2) is 5.88. The van der Waals surface area contributed by atoms with Gasteiger partial charge in [-0.3, -0.25) is 4.57 Å². The van der Waals surface area contributed by atoms with E-state index in [0.29, 0.717) is 22.3 Å². The third-order valence-electron chi connectivity index (χ3n) is 3.37. The summed E-state index contributed by atoms with van der Waals surface area (Å²) in [7, 11) is 0. The number of benzene rings is 2. The Morgan fingerprint density at radius 3 is 2.48 bits per heavy atom. The summed E-state index contributed by atoms with van der Waals surface area (Å²) in [5, 5.41) is 1.20. The number of rotatable bonds is 3. The average molecular weight is 340 g/mol. The van der Waals surface area contributed by atoms with Crippen molar-refractivity contribution in [3.05, 3.63) is 57.8 Å². The molecule has 1 heterocycles. The molecule has 21 heavy (non-hydrogen) atoms. The standard InChI is InChI=1S/C16H13Cl3N2/c1-10-3-2-4-14-16(10)21(15(20-14)5-6-17)13-8-11(18)7-12(19)9-13/h2-4,7-9H,5-6H2,1H3. The summed E-state index contributed by atoms with van der Waals surface area (Å²) in [5.74, 6) is 1.42. The predicted octanol–water partition coefficient (Wildman–Crippen LogP) is 5.42. The number of fused-ring (bicyclic) bond motifs is 1. The van der Waals surface area contributed by atoms with Gasteiger partial charge in [-0.25, -0.2) is 4.98 Å². The topological polar surface area (TPSA) is 17.8 Å². The number of hydrogen-bond acceptors (Lipinski definition) is 1. The minimum atomic E-state index is 0.511. The Morgan fingerprint density at radius 2 is 1.81 bits per heavy atom.